The first-order valence-corrected chi connectivity index (χ1v) is 13.9. The van der Waals surface area contributed by atoms with Crippen molar-refractivity contribution >= 4 is 16.6 Å². The van der Waals surface area contributed by atoms with Gasteiger partial charge in [0.15, 0.2) is 0 Å². The number of hydrogen-bond donors (Lipinski definition) is 1. The highest BCUT2D eigenvalue weighted by atomic mass is 19.1. The van der Waals surface area contributed by atoms with E-state index in [4.69, 9.17) is 0 Å². The lowest BCUT2D eigenvalue weighted by molar-refractivity contribution is -0.0366. The maximum atomic E-state index is 15.1. The summed E-state index contributed by atoms with van der Waals surface area (Å²) < 4.78 is 59.0. The van der Waals surface area contributed by atoms with Crippen LogP contribution in [0.1, 0.15) is 29.7 Å². The monoisotopic (exact) mass is 600 g/mol. The Morgan fingerprint density at radius 1 is 0.818 bits per heavy atom. The lowest BCUT2D eigenvalue weighted by atomic mass is 9.86. The summed E-state index contributed by atoms with van der Waals surface area (Å²) in [6.07, 6.45) is 4.46. The van der Waals surface area contributed by atoms with Crippen molar-refractivity contribution in [3.8, 4) is 0 Å². The van der Waals surface area contributed by atoms with Crippen LogP contribution in [0.3, 0.4) is 0 Å². The first kappa shape index (κ1) is 29.1. The average molecular weight is 601 g/mol. The van der Waals surface area contributed by atoms with Gasteiger partial charge in [-0.3, -0.25) is 4.68 Å². The fraction of sp³-hybridized carbons (Fsp3) is 0.182. The summed E-state index contributed by atoms with van der Waals surface area (Å²) in [5.41, 5.74) is 1.25. The van der Waals surface area contributed by atoms with Crippen LogP contribution in [0.25, 0.3) is 10.9 Å². The van der Waals surface area contributed by atoms with Gasteiger partial charge in [0.2, 0.25) is 0 Å². The second kappa shape index (κ2) is 11.9. The van der Waals surface area contributed by atoms with Gasteiger partial charge < -0.3 is 10.0 Å². The summed E-state index contributed by atoms with van der Waals surface area (Å²) >= 11 is 0. The number of halogens is 4. The molecular weight excluding hydrogens is 572 g/mol. The summed E-state index contributed by atoms with van der Waals surface area (Å²) in [5.74, 6) is -2.31. The topological polar surface area (TPSA) is 72.0 Å². The summed E-state index contributed by atoms with van der Waals surface area (Å²) in [4.78, 5) is 6.00. The van der Waals surface area contributed by atoms with Crippen LogP contribution in [0.15, 0.2) is 104 Å². The van der Waals surface area contributed by atoms with E-state index in [0.717, 1.165) is 34.3 Å². The second-order valence-electron chi connectivity index (χ2n) is 10.8. The van der Waals surface area contributed by atoms with Gasteiger partial charge in [-0.15, -0.1) is 0 Å². The molecule has 6 rings (SSSR count). The van der Waals surface area contributed by atoms with Gasteiger partial charge in [-0.1, -0.05) is 30.3 Å². The summed E-state index contributed by atoms with van der Waals surface area (Å²) in [6, 6.07) is 20.4. The summed E-state index contributed by atoms with van der Waals surface area (Å²) in [5, 5.41) is 21.5. The molecule has 0 unspecified atom stereocenters. The number of nitrogens with zero attached hydrogens (tertiary/aromatic N) is 6. The van der Waals surface area contributed by atoms with Crippen LogP contribution >= 0.6 is 0 Å². The fourth-order valence-corrected chi connectivity index (χ4v) is 5.35. The lowest BCUT2D eigenvalue weighted by Crippen LogP contribution is -2.40. The number of hydrogen-bond acceptors (Lipinski definition) is 5. The highest BCUT2D eigenvalue weighted by Crippen LogP contribution is 2.37. The molecule has 0 aliphatic heterocycles. The SMILES string of the molecule is C[C@@H](n1cc2cc(N(Cc3ccc(F)cc3)Cc3ccc(F)cc3)ccc2n1)[C@](O)(Cn1cncn1)c1ccc(F)cc1F. The van der Waals surface area contributed by atoms with Crippen molar-refractivity contribution < 1.29 is 22.7 Å². The molecule has 44 heavy (non-hydrogen) atoms. The number of rotatable bonds is 10. The third-order valence-corrected chi connectivity index (χ3v) is 7.80. The van der Waals surface area contributed by atoms with Gasteiger partial charge in [0.1, 0.15) is 41.5 Å². The third-order valence-electron chi connectivity index (χ3n) is 7.80. The third kappa shape index (κ3) is 6.04. The van der Waals surface area contributed by atoms with Crippen molar-refractivity contribution in [1.82, 2.24) is 24.5 Å². The molecule has 0 bridgehead atoms. The van der Waals surface area contributed by atoms with E-state index in [1.165, 1.54) is 47.7 Å². The van der Waals surface area contributed by atoms with Crippen LogP contribution in [0, 0.1) is 23.3 Å². The molecule has 0 radical (unpaired) electrons. The zero-order valence-electron chi connectivity index (χ0n) is 23.7. The van der Waals surface area contributed by atoms with Crippen molar-refractivity contribution in [2.75, 3.05) is 4.90 Å². The van der Waals surface area contributed by atoms with Gasteiger partial charge in [-0.25, -0.2) is 27.2 Å². The Balaban J connectivity index is 1.36. The molecule has 0 saturated carbocycles. The van der Waals surface area contributed by atoms with E-state index >= 15 is 4.39 Å². The molecule has 0 amide bonds. The highest BCUT2D eigenvalue weighted by Gasteiger charge is 2.41. The number of benzene rings is 4. The summed E-state index contributed by atoms with van der Waals surface area (Å²) in [6.45, 7) is 2.44. The van der Waals surface area contributed by atoms with Crippen molar-refractivity contribution in [2.45, 2.75) is 38.2 Å². The Kier molecular flexibility index (Phi) is 7.88. The number of anilines is 1. The average Bonchev–Trinajstić information content (AvgIpc) is 3.68. The Bertz CT molecular complexity index is 1830. The molecule has 2 heterocycles. The van der Waals surface area contributed by atoms with Crippen LogP contribution in [-0.4, -0.2) is 29.7 Å². The zero-order valence-corrected chi connectivity index (χ0v) is 23.7. The predicted molar refractivity (Wildman–Crippen MR) is 157 cm³/mol. The number of fused-ring (bicyclic) bond motifs is 1. The van der Waals surface area contributed by atoms with Crippen LogP contribution in [0.4, 0.5) is 23.2 Å². The molecule has 6 aromatic rings. The molecular formula is C33H28F4N6O. The van der Waals surface area contributed by atoms with Gasteiger partial charge in [0.25, 0.3) is 0 Å². The van der Waals surface area contributed by atoms with Crippen LogP contribution in [0.5, 0.6) is 0 Å². The van der Waals surface area contributed by atoms with Gasteiger partial charge in [0.05, 0.1) is 18.1 Å². The van der Waals surface area contributed by atoms with Crippen molar-refractivity contribution in [2.24, 2.45) is 0 Å². The first-order chi connectivity index (χ1) is 21.2. The Labute approximate surface area is 250 Å². The van der Waals surface area contributed by atoms with E-state index in [9.17, 15) is 18.3 Å². The Morgan fingerprint density at radius 3 is 2.05 bits per heavy atom. The van der Waals surface area contributed by atoms with Gasteiger partial charge in [0, 0.05) is 42.0 Å². The van der Waals surface area contributed by atoms with Crippen LogP contribution in [-0.2, 0) is 25.2 Å². The van der Waals surface area contributed by atoms with Crippen molar-refractivity contribution in [3.05, 3.63) is 144 Å². The first-order valence-electron chi connectivity index (χ1n) is 13.9. The van der Waals surface area contributed by atoms with Gasteiger partial charge >= 0.3 is 0 Å². The largest absolute Gasteiger partial charge is 0.381 e. The van der Waals surface area contributed by atoms with E-state index in [2.05, 4.69) is 20.1 Å². The quantitative estimate of drug-likeness (QED) is 0.181. The van der Waals surface area contributed by atoms with Crippen LogP contribution < -0.4 is 4.90 Å². The molecule has 4 aromatic carbocycles. The molecule has 0 fully saturated rings. The molecule has 2 atom stereocenters. The lowest BCUT2D eigenvalue weighted by Gasteiger charge is -2.34. The molecule has 1 N–H and O–H groups in total. The fourth-order valence-electron chi connectivity index (χ4n) is 5.35. The molecule has 224 valence electrons. The number of aliphatic hydroxyl groups is 1. The molecule has 2 aromatic heterocycles. The van der Waals surface area contributed by atoms with E-state index in [1.807, 2.05) is 18.2 Å². The highest BCUT2D eigenvalue weighted by molar-refractivity contribution is 5.82. The molecule has 0 saturated heterocycles. The van der Waals surface area contributed by atoms with E-state index in [0.29, 0.717) is 18.6 Å². The maximum Gasteiger partial charge on any atom is 0.137 e. The van der Waals surface area contributed by atoms with Gasteiger partial charge in [-0.2, -0.15) is 10.2 Å². The number of aromatic nitrogens is 5. The molecule has 11 heteroatoms. The minimum atomic E-state index is -1.88. The van der Waals surface area contributed by atoms with Crippen molar-refractivity contribution in [1.29, 1.82) is 0 Å². The zero-order chi connectivity index (χ0) is 30.8. The Morgan fingerprint density at radius 2 is 1.45 bits per heavy atom. The molecule has 0 aliphatic rings. The molecule has 7 nitrogen and oxygen atoms in total. The minimum Gasteiger partial charge on any atom is -0.381 e. The smallest absolute Gasteiger partial charge is 0.137 e. The van der Waals surface area contributed by atoms with Crippen molar-refractivity contribution in [3.63, 3.8) is 0 Å². The Hall–Kier alpha value is -5.03. The molecule has 0 aliphatic carbocycles. The standard InChI is InChI=1S/C33H28F4N6O/c1-22(33(44,19-42-21-38-20-39-42)30-12-10-28(36)15-31(30)37)43-18-25-14-29(11-13-32(25)40-43)41(16-23-2-6-26(34)7-3-23)17-24-4-8-27(35)9-5-24/h2-15,18,20-22,44H,16-17,19H2,1H3/t22-,33-/m1/s1. The van der Waals surface area contributed by atoms with E-state index in [-0.39, 0.29) is 23.7 Å². The van der Waals surface area contributed by atoms with Crippen LogP contribution in [0.2, 0.25) is 0 Å². The van der Waals surface area contributed by atoms with E-state index in [1.54, 1.807) is 42.1 Å². The van der Waals surface area contributed by atoms with Gasteiger partial charge in [-0.05, 0) is 66.6 Å². The molecule has 0 spiro atoms. The summed E-state index contributed by atoms with van der Waals surface area (Å²) in [7, 11) is 0. The predicted octanol–water partition coefficient (Wildman–Crippen LogP) is 6.54. The normalized spacial score (nSPS) is 13.6. The maximum absolute atomic E-state index is 15.1. The minimum absolute atomic E-state index is 0.105. The second-order valence-corrected chi connectivity index (χ2v) is 10.8. The van der Waals surface area contributed by atoms with E-state index < -0.39 is 23.3 Å².